The number of unbranched alkanes of at least 4 members (excludes halogenated alkanes) is 1. The molecule has 2 aromatic rings. The van der Waals surface area contributed by atoms with Crippen LogP contribution < -0.4 is 9.47 Å². The van der Waals surface area contributed by atoms with E-state index in [0.717, 1.165) is 12.8 Å². The third kappa shape index (κ3) is 5.35. The Kier molecular flexibility index (Phi) is 8.05. The lowest BCUT2D eigenvalue weighted by molar-refractivity contribution is -0.386. The minimum atomic E-state index is -0.697. The first-order valence-corrected chi connectivity index (χ1v) is 9.55. The quantitative estimate of drug-likeness (QED) is 0.160. The van der Waals surface area contributed by atoms with Crippen LogP contribution >= 0.6 is 22.6 Å². The van der Waals surface area contributed by atoms with Crippen LogP contribution in [0.1, 0.15) is 41.5 Å². The molecule has 0 aliphatic heterocycles. The van der Waals surface area contributed by atoms with Crippen LogP contribution in [-0.4, -0.2) is 41.5 Å². The minimum absolute atomic E-state index is 0.0374. The molecule has 0 bridgehead atoms. The number of carbonyl (C=O) groups excluding carboxylic acids is 1. The van der Waals surface area contributed by atoms with E-state index in [9.17, 15) is 14.9 Å². The Morgan fingerprint density at radius 3 is 2.36 bits per heavy atom. The van der Waals surface area contributed by atoms with Gasteiger partial charge in [-0.15, -0.1) is 0 Å². The molecule has 10 heteroatoms. The van der Waals surface area contributed by atoms with Gasteiger partial charge in [-0.05, 0) is 41.1 Å². The van der Waals surface area contributed by atoms with Gasteiger partial charge in [-0.2, -0.15) is 9.97 Å². The molecule has 0 fully saturated rings. The number of halogens is 1. The molecule has 1 aromatic carbocycles. The summed E-state index contributed by atoms with van der Waals surface area (Å²) in [7, 11) is 2.77. The Morgan fingerprint density at radius 1 is 1.18 bits per heavy atom. The number of carbonyl (C=O) groups is 1. The molecule has 28 heavy (non-hydrogen) atoms. The Labute approximate surface area is 175 Å². The van der Waals surface area contributed by atoms with Crippen LogP contribution in [0.25, 0.3) is 0 Å². The molecule has 0 spiro atoms. The number of ether oxygens (including phenoxy) is 3. The second-order valence-corrected chi connectivity index (χ2v) is 6.98. The number of hydrogen-bond acceptors (Lipinski definition) is 8. The van der Waals surface area contributed by atoms with Gasteiger partial charge in [-0.1, -0.05) is 13.3 Å². The average Bonchev–Trinajstić information content (AvgIpc) is 2.69. The number of methoxy groups -OCH3 is 2. The number of rotatable bonds is 10. The first kappa shape index (κ1) is 22.0. The van der Waals surface area contributed by atoms with Gasteiger partial charge in [0.1, 0.15) is 5.56 Å². The molecule has 0 saturated carbocycles. The van der Waals surface area contributed by atoms with Crippen molar-refractivity contribution >= 4 is 34.1 Å². The number of benzene rings is 1. The van der Waals surface area contributed by atoms with Crippen molar-refractivity contribution in [3.63, 3.8) is 0 Å². The zero-order valence-corrected chi connectivity index (χ0v) is 17.9. The summed E-state index contributed by atoms with van der Waals surface area (Å²) in [5, 5.41) is 11.7. The van der Waals surface area contributed by atoms with Gasteiger partial charge in [0, 0.05) is 10.2 Å². The lowest BCUT2D eigenvalue weighted by atomic mass is 10.0. The minimum Gasteiger partial charge on any atom is -0.481 e. The first-order chi connectivity index (χ1) is 13.4. The second kappa shape index (κ2) is 10.3. The number of nitrogens with zero attached hydrogens (tertiary/aromatic N) is 3. The second-order valence-electron chi connectivity index (χ2n) is 5.73. The van der Waals surface area contributed by atoms with E-state index in [-0.39, 0.29) is 35.4 Å². The van der Waals surface area contributed by atoms with Crippen LogP contribution in [-0.2, 0) is 11.3 Å². The lowest BCUT2D eigenvalue weighted by Crippen LogP contribution is -2.13. The van der Waals surface area contributed by atoms with Crippen LogP contribution in [0.2, 0.25) is 0 Å². The molecule has 0 radical (unpaired) electrons. The molecule has 1 aromatic heterocycles. The summed E-state index contributed by atoms with van der Waals surface area (Å²) < 4.78 is 16.3. The van der Waals surface area contributed by atoms with Gasteiger partial charge in [-0.3, -0.25) is 14.9 Å². The largest absolute Gasteiger partial charge is 0.481 e. The predicted molar refractivity (Wildman–Crippen MR) is 109 cm³/mol. The molecule has 0 N–H and O–H groups in total. The summed E-state index contributed by atoms with van der Waals surface area (Å²) in [5.41, 5.74) is -0.0974. The van der Waals surface area contributed by atoms with Gasteiger partial charge < -0.3 is 14.2 Å². The maximum atomic E-state index is 13.0. The molecule has 0 aliphatic carbocycles. The third-order valence-corrected chi connectivity index (χ3v) is 4.40. The Hall–Kier alpha value is -2.34. The number of hydrogen-bond donors (Lipinski definition) is 0. The van der Waals surface area contributed by atoms with E-state index in [1.54, 1.807) is 6.07 Å². The molecule has 2 rings (SSSR count). The van der Waals surface area contributed by atoms with E-state index in [2.05, 4.69) is 9.97 Å². The highest BCUT2D eigenvalue weighted by molar-refractivity contribution is 14.1. The number of ketones is 1. The standard InChI is InChI=1S/C18H20IN3O6/c1-4-5-6-28-10-11-7-12(19)8-13(16(11)22(24)25)17(23)18-20-14(26-2)9-15(21-18)27-3/h7-9H,4-6,10H2,1-3H3. The molecule has 0 atom stereocenters. The molecular weight excluding hydrogens is 481 g/mol. The van der Waals surface area contributed by atoms with Crippen molar-refractivity contribution in [2.45, 2.75) is 26.4 Å². The summed E-state index contributed by atoms with van der Waals surface area (Å²) in [6, 6.07) is 4.48. The molecule has 150 valence electrons. The van der Waals surface area contributed by atoms with Gasteiger partial charge in [0.05, 0.1) is 37.4 Å². The topological polar surface area (TPSA) is 114 Å². The fourth-order valence-corrected chi connectivity index (χ4v) is 3.11. The first-order valence-electron chi connectivity index (χ1n) is 8.47. The summed E-state index contributed by atoms with van der Waals surface area (Å²) in [6.45, 7) is 2.55. The molecular formula is C18H20IN3O6. The maximum Gasteiger partial charge on any atom is 0.286 e. The smallest absolute Gasteiger partial charge is 0.286 e. The molecule has 0 amide bonds. The summed E-state index contributed by atoms with van der Waals surface area (Å²) in [4.78, 5) is 32.2. The predicted octanol–water partition coefficient (Wildman–Crippen LogP) is 3.55. The number of nitro benzene ring substituents is 1. The van der Waals surface area contributed by atoms with Gasteiger partial charge >= 0.3 is 0 Å². The van der Waals surface area contributed by atoms with Gasteiger partial charge in [0.15, 0.2) is 0 Å². The van der Waals surface area contributed by atoms with Crippen molar-refractivity contribution in [3.05, 3.63) is 48.8 Å². The van der Waals surface area contributed by atoms with Gasteiger partial charge in [-0.25, -0.2) is 0 Å². The van der Waals surface area contributed by atoms with E-state index < -0.39 is 10.7 Å². The highest BCUT2D eigenvalue weighted by Gasteiger charge is 2.28. The van der Waals surface area contributed by atoms with Crippen LogP contribution in [0.15, 0.2) is 18.2 Å². The highest BCUT2D eigenvalue weighted by Crippen LogP contribution is 2.30. The summed E-state index contributed by atoms with van der Waals surface area (Å²) in [5.74, 6) is -0.713. The van der Waals surface area contributed by atoms with Crippen molar-refractivity contribution in [1.29, 1.82) is 0 Å². The van der Waals surface area contributed by atoms with Crippen LogP contribution in [0, 0.1) is 13.7 Å². The van der Waals surface area contributed by atoms with E-state index in [1.807, 2.05) is 29.5 Å². The molecule has 9 nitrogen and oxygen atoms in total. The Balaban J connectivity index is 2.50. The van der Waals surface area contributed by atoms with Crippen molar-refractivity contribution in [1.82, 2.24) is 9.97 Å². The summed E-state index contributed by atoms with van der Waals surface area (Å²) in [6.07, 6.45) is 1.80. The summed E-state index contributed by atoms with van der Waals surface area (Å²) >= 11 is 2.00. The zero-order chi connectivity index (χ0) is 20.7. The average molecular weight is 501 g/mol. The van der Waals surface area contributed by atoms with Gasteiger partial charge in [0.2, 0.25) is 23.4 Å². The van der Waals surface area contributed by atoms with Crippen molar-refractivity contribution in [2.24, 2.45) is 0 Å². The molecule has 0 aliphatic rings. The number of aromatic nitrogens is 2. The lowest BCUT2D eigenvalue weighted by Gasteiger charge is -2.10. The van der Waals surface area contributed by atoms with E-state index in [4.69, 9.17) is 14.2 Å². The van der Waals surface area contributed by atoms with E-state index >= 15 is 0 Å². The third-order valence-electron chi connectivity index (χ3n) is 3.78. The fourth-order valence-electron chi connectivity index (χ4n) is 2.42. The van der Waals surface area contributed by atoms with Crippen molar-refractivity contribution < 1.29 is 23.9 Å². The molecule has 0 saturated heterocycles. The molecule has 1 heterocycles. The van der Waals surface area contributed by atoms with Crippen molar-refractivity contribution in [2.75, 3.05) is 20.8 Å². The number of nitro groups is 1. The monoisotopic (exact) mass is 501 g/mol. The van der Waals surface area contributed by atoms with Crippen LogP contribution in [0.4, 0.5) is 5.69 Å². The van der Waals surface area contributed by atoms with Gasteiger partial charge in [0.25, 0.3) is 5.69 Å². The van der Waals surface area contributed by atoms with Crippen LogP contribution in [0.3, 0.4) is 0 Å². The van der Waals surface area contributed by atoms with E-state index in [0.29, 0.717) is 15.7 Å². The normalized spacial score (nSPS) is 10.6. The Morgan fingerprint density at radius 2 is 1.82 bits per heavy atom. The Bertz CT molecular complexity index is 852. The van der Waals surface area contributed by atoms with Crippen LogP contribution in [0.5, 0.6) is 11.8 Å². The fraction of sp³-hybridized carbons (Fsp3) is 0.389. The highest BCUT2D eigenvalue weighted by atomic mass is 127. The maximum absolute atomic E-state index is 13.0. The SMILES string of the molecule is CCCCOCc1cc(I)cc(C(=O)c2nc(OC)cc(OC)n2)c1[N+](=O)[O-]. The zero-order valence-electron chi connectivity index (χ0n) is 15.7. The van der Waals surface area contributed by atoms with E-state index in [1.165, 1.54) is 26.4 Å². The van der Waals surface area contributed by atoms with Crippen molar-refractivity contribution in [3.8, 4) is 11.8 Å². The molecule has 0 unspecified atom stereocenters.